The van der Waals surface area contributed by atoms with Gasteiger partial charge in [-0.25, -0.2) is 0 Å². The second-order valence-electron chi connectivity index (χ2n) is 8.11. The lowest BCUT2D eigenvalue weighted by atomic mass is 10.1. The van der Waals surface area contributed by atoms with Crippen LogP contribution >= 0.6 is 0 Å². The Kier molecular flexibility index (Phi) is 6.64. The fourth-order valence-corrected chi connectivity index (χ4v) is 4.10. The zero-order valence-electron chi connectivity index (χ0n) is 17.4. The van der Waals surface area contributed by atoms with E-state index in [4.69, 9.17) is 4.74 Å². The Morgan fingerprint density at radius 2 is 1.50 bits per heavy atom. The maximum Gasteiger partial charge on any atom is 0.277 e. The molecule has 2 amide bonds. The predicted octanol–water partition coefficient (Wildman–Crippen LogP) is 1.23. The molecule has 30 heavy (non-hydrogen) atoms. The molecular weight excluding hydrogens is 378 g/mol. The van der Waals surface area contributed by atoms with Crippen LogP contribution in [0.1, 0.15) is 28.8 Å². The van der Waals surface area contributed by atoms with Gasteiger partial charge in [0, 0.05) is 18.7 Å². The molecule has 6 nitrogen and oxygen atoms in total. The molecule has 158 valence electrons. The number of hydrogen-bond donors (Lipinski definition) is 1. The number of ether oxygens (including phenoxy) is 1. The van der Waals surface area contributed by atoms with Crippen LogP contribution in [-0.2, 0) is 11.4 Å². The first-order valence-electron chi connectivity index (χ1n) is 10.9. The molecule has 2 heterocycles. The van der Waals surface area contributed by atoms with Gasteiger partial charge in [0.1, 0.15) is 12.4 Å². The highest BCUT2D eigenvalue weighted by Gasteiger charge is 2.28. The van der Waals surface area contributed by atoms with E-state index in [2.05, 4.69) is 0 Å². The fraction of sp³-hybridized carbons (Fsp3) is 0.417. The molecule has 0 unspecified atom stereocenters. The van der Waals surface area contributed by atoms with Crippen LogP contribution in [0.4, 0.5) is 0 Å². The Labute approximate surface area is 178 Å². The lowest BCUT2D eigenvalue weighted by Crippen LogP contribution is -3.15. The van der Waals surface area contributed by atoms with Gasteiger partial charge in [0.25, 0.3) is 11.8 Å². The minimum Gasteiger partial charge on any atom is -0.489 e. The highest BCUT2D eigenvalue weighted by atomic mass is 16.5. The molecule has 2 aliphatic rings. The summed E-state index contributed by atoms with van der Waals surface area (Å²) in [5.41, 5.74) is 1.74. The predicted molar refractivity (Wildman–Crippen MR) is 114 cm³/mol. The van der Waals surface area contributed by atoms with Crippen molar-refractivity contribution in [3.8, 4) is 5.75 Å². The molecule has 2 aromatic carbocycles. The number of carbonyl (C=O) groups excluding carboxylic acids is 2. The molecule has 0 aromatic heterocycles. The average Bonchev–Trinajstić information content (AvgIpc) is 3.34. The van der Waals surface area contributed by atoms with Crippen molar-refractivity contribution in [2.75, 3.05) is 45.8 Å². The second kappa shape index (κ2) is 9.76. The first-order valence-corrected chi connectivity index (χ1v) is 10.9. The first kappa shape index (κ1) is 20.4. The minimum absolute atomic E-state index is 0.0652. The van der Waals surface area contributed by atoms with Gasteiger partial charge in [-0.05, 0) is 42.7 Å². The van der Waals surface area contributed by atoms with Crippen LogP contribution in [0.15, 0.2) is 54.6 Å². The SMILES string of the molecule is O=C(C[NH+]1CCN(C(=O)c2ccc(COc3ccccc3)cc2)CC1)N1CCCC1. The number of para-hydroxylation sites is 1. The number of amides is 2. The summed E-state index contributed by atoms with van der Waals surface area (Å²) in [6.07, 6.45) is 2.25. The van der Waals surface area contributed by atoms with Crippen molar-refractivity contribution >= 4 is 11.8 Å². The quantitative estimate of drug-likeness (QED) is 0.782. The number of likely N-dealkylation sites (tertiary alicyclic amines) is 1. The van der Waals surface area contributed by atoms with E-state index < -0.39 is 0 Å². The molecule has 2 saturated heterocycles. The zero-order valence-corrected chi connectivity index (χ0v) is 17.4. The highest BCUT2D eigenvalue weighted by Crippen LogP contribution is 2.13. The number of piperazine rings is 1. The van der Waals surface area contributed by atoms with Gasteiger partial charge in [-0.1, -0.05) is 30.3 Å². The summed E-state index contributed by atoms with van der Waals surface area (Å²) in [7, 11) is 0. The largest absolute Gasteiger partial charge is 0.489 e. The monoisotopic (exact) mass is 408 g/mol. The van der Waals surface area contributed by atoms with E-state index in [1.54, 1.807) is 0 Å². The van der Waals surface area contributed by atoms with E-state index in [1.165, 1.54) is 4.90 Å². The van der Waals surface area contributed by atoms with Crippen molar-refractivity contribution in [1.29, 1.82) is 0 Å². The third-order valence-corrected chi connectivity index (χ3v) is 5.97. The van der Waals surface area contributed by atoms with Crippen molar-refractivity contribution in [1.82, 2.24) is 9.80 Å². The van der Waals surface area contributed by atoms with Gasteiger partial charge in [-0.15, -0.1) is 0 Å². The van der Waals surface area contributed by atoms with Gasteiger partial charge in [-0.2, -0.15) is 0 Å². The maximum absolute atomic E-state index is 12.8. The van der Waals surface area contributed by atoms with Gasteiger partial charge in [-0.3, -0.25) is 9.59 Å². The summed E-state index contributed by atoms with van der Waals surface area (Å²) in [5, 5.41) is 0. The van der Waals surface area contributed by atoms with E-state index in [9.17, 15) is 9.59 Å². The van der Waals surface area contributed by atoms with Crippen molar-refractivity contribution < 1.29 is 19.2 Å². The number of carbonyl (C=O) groups is 2. The molecule has 4 rings (SSSR count). The molecule has 1 N–H and O–H groups in total. The van der Waals surface area contributed by atoms with E-state index in [-0.39, 0.29) is 11.8 Å². The third kappa shape index (κ3) is 5.19. The van der Waals surface area contributed by atoms with Gasteiger partial charge in [0.15, 0.2) is 6.54 Å². The van der Waals surface area contributed by atoms with Crippen LogP contribution in [0.2, 0.25) is 0 Å². The van der Waals surface area contributed by atoms with Gasteiger partial charge in [0.05, 0.1) is 26.2 Å². The summed E-state index contributed by atoms with van der Waals surface area (Å²) in [4.78, 5) is 30.3. The molecule has 0 radical (unpaired) electrons. The number of quaternary nitrogens is 1. The standard InChI is InChI=1S/C24H29N3O3/c28-23(26-12-4-5-13-26)18-25-14-16-27(17-15-25)24(29)21-10-8-20(9-11-21)19-30-22-6-2-1-3-7-22/h1-3,6-11H,4-5,12-19H2/p+1. The van der Waals surface area contributed by atoms with Crippen LogP contribution in [0.25, 0.3) is 0 Å². The zero-order chi connectivity index (χ0) is 20.8. The molecule has 2 aliphatic heterocycles. The van der Waals surface area contributed by atoms with Gasteiger partial charge < -0.3 is 19.4 Å². The number of rotatable bonds is 6. The van der Waals surface area contributed by atoms with Crippen molar-refractivity contribution in [2.45, 2.75) is 19.4 Å². The summed E-state index contributed by atoms with van der Waals surface area (Å²) >= 11 is 0. The average molecular weight is 409 g/mol. The molecule has 0 bridgehead atoms. The number of nitrogens with zero attached hydrogens (tertiary/aromatic N) is 2. The Balaban J connectivity index is 1.24. The Hall–Kier alpha value is -2.86. The van der Waals surface area contributed by atoms with E-state index in [0.29, 0.717) is 31.8 Å². The van der Waals surface area contributed by atoms with E-state index >= 15 is 0 Å². The second-order valence-corrected chi connectivity index (χ2v) is 8.11. The van der Waals surface area contributed by atoms with E-state index in [0.717, 1.165) is 50.3 Å². The number of nitrogens with one attached hydrogen (secondary N) is 1. The maximum atomic E-state index is 12.8. The molecule has 0 aliphatic carbocycles. The topological polar surface area (TPSA) is 54.3 Å². The van der Waals surface area contributed by atoms with Crippen molar-refractivity contribution in [2.24, 2.45) is 0 Å². The number of hydrogen-bond acceptors (Lipinski definition) is 3. The van der Waals surface area contributed by atoms with Crippen LogP contribution in [0.5, 0.6) is 5.75 Å². The smallest absolute Gasteiger partial charge is 0.277 e. The molecular formula is C24H30N3O3+. The van der Waals surface area contributed by atoms with Gasteiger partial charge >= 0.3 is 0 Å². The van der Waals surface area contributed by atoms with Crippen molar-refractivity contribution in [3.05, 3.63) is 65.7 Å². The van der Waals surface area contributed by atoms with E-state index in [1.807, 2.05) is 64.4 Å². The van der Waals surface area contributed by atoms with Gasteiger partial charge in [0.2, 0.25) is 0 Å². The first-order chi connectivity index (χ1) is 14.7. The van der Waals surface area contributed by atoms with Crippen LogP contribution in [0.3, 0.4) is 0 Å². The molecule has 0 spiro atoms. The Morgan fingerprint density at radius 3 is 2.17 bits per heavy atom. The fourth-order valence-electron chi connectivity index (χ4n) is 4.10. The molecule has 6 heteroatoms. The molecule has 0 atom stereocenters. The van der Waals surface area contributed by atoms with Crippen LogP contribution in [-0.4, -0.2) is 67.4 Å². The lowest BCUT2D eigenvalue weighted by Gasteiger charge is -2.32. The minimum atomic E-state index is 0.0652. The Morgan fingerprint density at radius 1 is 0.833 bits per heavy atom. The van der Waals surface area contributed by atoms with Crippen molar-refractivity contribution in [3.63, 3.8) is 0 Å². The Bertz CT molecular complexity index is 840. The van der Waals surface area contributed by atoms with Crippen LogP contribution in [0, 0.1) is 0 Å². The molecule has 0 saturated carbocycles. The normalized spacial score (nSPS) is 17.2. The summed E-state index contributed by atoms with van der Waals surface area (Å²) in [6.45, 7) is 5.89. The third-order valence-electron chi connectivity index (χ3n) is 5.97. The molecule has 2 aromatic rings. The number of benzene rings is 2. The highest BCUT2D eigenvalue weighted by molar-refractivity contribution is 5.94. The lowest BCUT2D eigenvalue weighted by molar-refractivity contribution is -0.896. The summed E-state index contributed by atoms with van der Waals surface area (Å²) in [5.74, 6) is 1.16. The molecule has 2 fully saturated rings. The van der Waals surface area contributed by atoms with Crippen LogP contribution < -0.4 is 9.64 Å². The summed E-state index contributed by atoms with van der Waals surface area (Å²) < 4.78 is 5.76. The summed E-state index contributed by atoms with van der Waals surface area (Å²) in [6, 6.07) is 17.4.